The molecule has 214 valence electrons. The maximum atomic E-state index is 13.6. The molecule has 1 amide bonds. The van der Waals surface area contributed by atoms with Crippen LogP contribution < -0.4 is 15.2 Å². The zero-order valence-corrected chi connectivity index (χ0v) is 24.2. The van der Waals surface area contributed by atoms with Gasteiger partial charge >= 0.3 is 0 Å². The molecule has 3 aromatic rings. The molecule has 1 aliphatic rings. The van der Waals surface area contributed by atoms with E-state index in [1.54, 1.807) is 54.5 Å². The smallest absolute Gasteiger partial charge is 0.271 e. The van der Waals surface area contributed by atoms with Crippen LogP contribution in [0.25, 0.3) is 6.08 Å². The Labute approximate surface area is 241 Å². The van der Waals surface area contributed by atoms with Crippen LogP contribution in [-0.2, 0) is 6.54 Å². The number of carbonyl (C=O) groups excluding carboxylic acids is 1. The van der Waals surface area contributed by atoms with E-state index in [2.05, 4.69) is 12.6 Å². The topological polar surface area (TPSA) is 78.6 Å². The predicted octanol–water partition coefficient (Wildman–Crippen LogP) is 5.88. The molecule has 0 unspecified atom stereocenters. The fourth-order valence-electron chi connectivity index (χ4n) is 4.62. The average Bonchev–Trinajstić information content (AvgIpc) is 3.02. The average molecular weight is 557 g/mol. The molecule has 0 saturated carbocycles. The van der Waals surface area contributed by atoms with E-state index in [-0.39, 0.29) is 23.8 Å². The lowest BCUT2D eigenvalue weighted by atomic mass is 10.1. The number of hydrogen-bond acceptors (Lipinski definition) is 5. The van der Waals surface area contributed by atoms with E-state index in [1.165, 1.54) is 16.7 Å². The number of halogens is 1. The van der Waals surface area contributed by atoms with Crippen LogP contribution in [-0.4, -0.2) is 48.7 Å². The molecule has 0 N–H and O–H groups in total. The van der Waals surface area contributed by atoms with E-state index >= 15 is 0 Å². The normalized spacial score (nSPS) is 13.1. The number of ether oxygens (including phenoxy) is 1. The highest BCUT2D eigenvalue weighted by Crippen LogP contribution is 2.24. The molecule has 7 nitrogen and oxygen atoms in total. The highest BCUT2D eigenvalue weighted by Gasteiger charge is 2.26. The number of nitriles is 1. The summed E-state index contributed by atoms with van der Waals surface area (Å²) in [5, 5.41) is 10.0. The molecule has 2 aromatic carbocycles. The molecule has 0 aliphatic carbocycles. The largest absolute Gasteiger partial charge is 0.497 e. The van der Waals surface area contributed by atoms with Gasteiger partial charge in [-0.05, 0) is 66.1 Å². The van der Waals surface area contributed by atoms with Crippen LogP contribution in [0.3, 0.4) is 0 Å². The summed E-state index contributed by atoms with van der Waals surface area (Å²) in [7, 11) is 1.58. The maximum Gasteiger partial charge on any atom is 0.271 e. The van der Waals surface area contributed by atoms with Crippen molar-refractivity contribution in [1.82, 2.24) is 9.47 Å². The summed E-state index contributed by atoms with van der Waals surface area (Å²) in [6.45, 7) is 11.9. The second kappa shape index (κ2) is 14.7. The van der Waals surface area contributed by atoms with Crippen LogP contribution in [0.15, 0.2) is 77.6 Å². The first-order chi connectivity index (χ1) is 19.9. The van der Waals surface area contributed by atoms with Crippen LogP contribution in [0.2, 0.25) is 0 Å². The molecule has 2 heterocycles. The summed E-state index contributed by atoms with van der Waals surface area (Å²) in [6.07, 6.45) is 4.36. The van der Waals surface area contributed by atoms with Gasteiger partial charge in [-0.15, -0.1) is 0 Å². The number of pyridine rings is 1. The Morgan fingerprint density at radius 1 is 1.07 bits per heavy atom. The van der Waals surface area contributed by atoms with Crippen LogP contribution in [0.1, 0.15) is 54.4 Å². The number of piperazine rings is 1. The second-order valence-electron chi connectivity index (χ2n) is 9.24. The number of aromatic nitrogens is 1. The Morgan fingerprint density at radius 3 is 2.24 bits per heavy atom. The van der Waals surface area contributed by atoms with Crippen molar-refractivity contribution in [1.29, 1.82) is 5.26 Å². The lowest BCUT2D eigenvalue weighted by Crippen LogP contribution is -2.49. The third kappa shape index (κ3) is 7.31. The first-order valence-electron chi connectivity index (χ1n) is 13.8. The van der Waals surface area contributed by atoms with Gasteiger partial charge in [-0.25, -0.2) is 4.39 Å². The summed E-state index contributed by atoms with van der Waals surface area (Å²) in [5.74, 6) is 0.251. The Balaban J connectivity index is 0.00000226. The lowest BCUT2D eigenvalue weighted by Gasteiger charge is -2.36. The molecular weight excluding hydrogens is 519 g/mol. The number of amides is 1. The molecule has 0 atom stereocenters. The van der Waals surface area contributed by atoms with Gasteiger partial charge in [0, 0.05) is 37.4 Å². The molecule has 1 fully saturated rings. The molecular formula is C33H37FN4O3. The Bertz CT molecular complexity index is 1480. The van der Waals surface area contributed by atoms with Gasteiger partial charge < -0.3 is 19.1 Å². The zero-order chi connectivity index (χ0) is 29.9. The third-order valence-electron chi connectivity index (χ3n) is 6.93. The van der Waals surface area contributed by atoms with Crippen molar-refractivity contribution in [3.63, 3.8) is 0 Å². The summed E-state index contributed by atoms with van der Waals surface area (Å²) in [6, 6.07) is 16.9. The fourth-order valence-corrected chi connectivity index (χ4v) is 4.62. The van der Waals surface area contributed by atoms with Crippen molar-refractivity contribution in [3.8, 4) is 11.8 Å². The third-order valence-corrected chi connectivity index (χ3v) is 6.93. The molecule has 8 heteroatoms. The number of hydrogen-bond donors (Lipinski definition) is 0. The first-order valence-corrected chi connectivity index (χ1v) is 13.8. The predicted molar refractivity (Wildman–Crippen MR) is 162 cm³/mol. The minimum Gasteiger partial charge on any atom is -0.497 e. The molecule has 41 heavy (non-hydrogen) atoms. The van der Waals surface area contributed by atoms with Crippen LogP contribution in [0.4, 0.5) is 10.1 Å². The molecule has 4 rings (SSSR count). The van der Waals surface area contributed by atoms with Gasteiger partial charge in [0.15, 0.2) is 0 Å². The molecule has 0 spiro atoms. The van der Waals surface area contributed by atoms with Crippen molar-refractivity contribution < 1.29 is 13.9 Å². The number of allylic oxidation sites excluding steroid dienone is 2. The first kappa shape index (κ1) is 30.9. The molecule has 0 radical (unpaired) electrons. The standard InChI is InChI=1S/C31H31FN4O3.C2H6/c1-4-22(5-2)18-26-19-29(28(20-33)31(38)36(26)21-23-6-10-25(32)11-7-23)34-14-16-35(17-15-34)30(37)24-8-12-27(39-3)13-9-24;1-2/h4,6-13,18-19H,1,5,14-17,21H2,2-3H3;1-2H3/b22-18+;. The molecule has 1 aliphatic heterocycles. The van der Waals surface area contributed by atoms with Gasteiger partial charge in [0.1, 0.15) is 23.2 Å². The highest BCUT2D eigenvalue weighted by molar-refractivity contribution is 5.94. The lowest BCUT2D eigenvalue weighted by molar-refractivity contribution is 0.0746. The Hall–Kier alpha value is -4.64. The number of carbonyl (C=O) groups is 1. The number of rotatable bonds is 8. The van der Waals surface area contributed by atoms with Gasteiger partial charge in [0.2, 0.25) is 0 Å². The van der Waals surface area contributed by atoms with E-state index in [9.17, 15) is 19.2 Å². The second-order valence-corrected chi connectivity index (χ2v) is 9.24. The number of anilines is 1. The summed E-state index contributed by atoms with van der Waals surface area (Å²) in [4.78, 5) is 30.4. The zero-order valence-electron chi connectivity index (χ0n) is 24.2. The number of benzene rings is 2. The minimum atomic E-state index is -0.415. The summed E-state index contributed by atoms with van der Waals surface area (Å²) in [5.41, 5.74) is 3.06. The molecule has 1 saturated heterocycles. The fraction of sp³-hybridized carbons (Fsp3) is 0.303. The van der Waals surface area contributed by atoms with Crippen LogP contribution >= 0.6 is 0 Å². The van der Waals surface area contributed by atoms with Gasteiger partial charge in [-0.3, -0.25) is 9.59 Å². The monoisotopic (exact) mass is 556 g/mol. The molecule has 0 bridgehead atoms. The maximum absolute atomic E-state index is 13.6. The van der Waals surface area contributed by atoms with Gasteiger partial charge in [-0.1, -0.05) is 45.6 Å². The van der Waals surface area contributed by atoms with Crippen molar-refractivity contribution >= 4 is 17.7 Å². The van der Waals surface area contributed by atoms with Crippen molar-refractivity contribution in [2.45, 2.75) is 33.7 Å². The van der Waals surface area contributed by atoms with Gasteiger partial charge in [-0.2, -0.15) is 5.26 Å². The SMILES string of the molecule is C=C/C(=C\c1cc(N2CCN(C(=O)c3ccc(OC)cc3)CC2)c(C#N)c(=O)n1Cc1ccc(F)cc1)CC.CC. The van der Waals surface area contributed by atoms with E-state index in [4.69, 9.17) is 4.74 Å². The van der Waals surface area contributed by atoms with E-state index < -0.39 is 5.56 Å². The summed E-state index contributed by atoms with van der Waals surface area (Å²) >= 11 is 0. The van der Waals surface area contributed by atoms with E-state index in [0.717, 1.165) is 17.6 Å². The van der Waals surface area contributed by atoms with E-state index in [1.807, 2.05) is 37.8 Å². The Kier molecular flexibility index (Phi) is 11.0. The van der Waals surface area contributed by atoms with Gasteiger partial charge in [0.25, 0.3) is 11.5 Å². The molecule has 1 aromatic heterocycles. The highest BCUT2D eigenvalue weighted by atomic mass is 19.1. The van der Waals surface area contributed by atoms with Crippen molar-refractivity contribution in [2.24, 2.45) is 0 Å². The van der Waals surface area contributed by atoms with E-state index in [0.29, 0.717) is 48.9 Å². The van der Waals surface area contributed by atoms with Crippen molar-refractivity contribution in [3.05, 3.63) is 111 Å². The van der Waals surface area contributed by atoms with Crippen molar-refractivity contribution in [2.75, 3.05) is 38.2 Å². The minimum absolute atomic E-state index is 0.0424. The Morgan fingerprint density at radius 2 is 1.71 bits per heavy atom. The van der Waals surface area contributed by atoms with Gasteiger partial charge in [0.05, 0.1) is 19.3 Å². The number of nitrogens with zero attached hydrogens (tertiary/aromatic N) is 4. The summed E-state index contributed by atoms with van der Waals surface area (Å²) < 4.78 is 20.2. The van der Waals surface area contributed by atoms with Crippen LogP contribution in [0.5, 0.6) is 5.75 Å². The van der Waals surface area contributed by atoms with Crippen LogP contribution in [0, 0.1) is 17.1 Å². The quantitative estimate of drug-likeness (QED) is 0.324. The number of methoxy groups -OCH3 is 1.